The van der Waals surface area contributed by atoms with Gasteiger partial charge in [-0.15, -0.1) is 11.6 Å². The number of nitrogens with zero attached hydrogens (tertiary/aromatic N) is 1. The number of benzene rings is 1. The first-order chi connectivity index (χ1) is 10.9. The molecule has 0 saturated heterocycles. The van der Waals surface area contributed by atoms with E-state index >= 15 is 0 Å². The molecule has 0 spiro atoms. The Bertz CT molecular complexity index is 911. The highest BCUT2D eigenvalue weighted by atomic mass is 35.5. The molecule has 1 aliphatic heterocycles. The SMILES string of the molecule is O=c1[nH]c2c(c3ccc(F)cc13)CN(S(=O)(=O)CCCCl)CC2. The molecule has 23 heavy (non-hydrogen) atoms. The Kier molecular flexibility index (Phi) is 4.44. The summed E-state index contributed by atoms with van der Waals surface area (Å²) in [7, 11) is -3.39. The number of nitrogens with one attached hydrogen (secondary N) is 1. The van der Waals surface area contributed by atoms with E-state index in [2.05, 4.69) is 4.98 Å². The fraction of sp³-hybridized carbons (Fsp3) is 0.400. The van der Waals surface area contributed by atoms with E-state index in [0.29, 0.717) is 30.7 Å². The van der Waals surface area contributed by atoms with Crippen LogP contribution in [0.4, 0.5) is 4.39 Å². The minimum atomic E-state index is -3.39. The highest BCUT2D eigenvalue weighted by Gasteiger charge is 2.28. The molecule has 5 nitrogen and oxygen atoms in total. The van der Waals surface area contributed by atoms with Crippen molar-refractivity contribution in [1.29, 1.82) is 0 Å². The molecule has 0 amide bonds. The van der Waals surface area contributed by atoms with Crippen LogP contribution in [0.5, 0.6) is 0 Å². The Balaban J connectivity index is 2.05. The van der Waals surface area contributed by atoms with Crippen LogP contribution >= 0.6 is 11.6 Å². The monoisotopic (exact) mass is 358 g/mol. The van der Waals surface area contributed by atoms with Gasteiger partial charge in [-0.1, -0.05) is 6.07 Å². The van der Waals surface area contributed by atoms with Crippen LogP contribution in [-0.2, 0) is 23.0 Å². The van der Waals surface area contributed by atoms with Gasteiger partial charge in [-0.3, -0.25) is 4.79 Å². The molecular weight excluding hydrogens is 343 g/mol. The largest absolute Gasteiger partial charge is 0.325 e. The van der Waals surface area contributed by atoms with Crippen LogP contribution in [0.1, 0.15) is 17.7 Å². The Morgan fingerprint density at radius 2 is 2.09 bits per heavy atom. The van der Waals surface area contributed by atoms with E-state index in [0.717, 1.165) is 11.3 Å². The van der Waals surface area contributed by atoms with Gasteiger partial charge in [0.25, 0.3) is 5.56 Å². The van der Waals surface area contributed by atoms with Crippen LogP contribution in [0.25, 0.3) is 10.8 Å². The van der Waals surface area contributed by atoms with Crippen molar-refractivity contribution < 1.29 is 12.8 Å². The van der Waals surface area contributed by atoms with E-state index in [4.69, 9.17) is 11.6 Å². The number of hydrogen-bond acceptors (Lipinski definition) is 3. The Morgan fingerprint density at radius 3 is 2.83 bits per heavy atom. The van der Waals surface area contributed by atoms with E-state index in [1.807, 2.05) is 0 Å². The molecule has 0 atom stereocenters. The van der Waals surface area contributed by atoms with Crippen LogP contribution in [0.15, 0.2) is 23.0 Å². The molecular formula is C15H16ClFN2O3S. The Hall–Kier alpha value is -1.44. The van der Waals surface area contributed by atoms with Crippen molar-refractivity contribution in [2.75, 3.05) is 18.2 Å². The quantitative estimate of drug-likeness (QED) is 0.850. The average molecular weight is 359 g/mol. The number of aromatic nitrogens is 1. The summed E-state index contributed by atoms with van der Waals surface area (Å²) < 4.78 is 39.5. The number of aromatic amines is 1. The first-order valence-electron chi connectivity index (χ1n) is 7.29. The third kappa shape index (κ3) is 3.13. The second-order valence-electron chi connectivity index (χ2n) is 5.54. The van der Waals surface area contributed by atoms with Gasteiger partial charge < -0.3 is 4.98 Å². The zero-order valence-electron chi connectivity index (χ0n) is 12.3. The normalized spacial score (nSPS) is 15.7. The summed E-state index contributed by atoms with van der Waals surface area (Å²) in [6.07, 6.45) is 0.822. The smallest absolute Gasteiger partial charge is 0.256 e. The molecule has 0 fully saturated rings. The number of rotatable bonds is 4. The zero-order valence-corrected chi connectivity index (χ0v) is 13.9. The Labute approximate surface area is 138 Å². The maximum absolute atomic E-state index is 13.4. The molecule has 1 aromatic carbocycles. The van der Waals surface area contributed by atoms with Crippen LogP contribution in [0, 0.1) is 5.82 Å². The van der Waals surface area contributed by atoms with Crippen molar-refractivity contribution >= 4 is 32.4 Å². The van der Waals surface area contributed by atoms with Crippen molar-refractivity contribution in [1.82, 2.24) is 9.29 Å². The molecule has 0 radical (unpaired) electrons. The van der Waals surface area contributed by atoms with E-state index < -0.39 is 15.8 Å². The lowest BCUT2D eigenvalue weighted by Crippen LogP contribution is -2.38. The van der Waals surface area contributed by atoms with E-state index in [1.54, 1.807) is 0 Å². The van der Waals surface area contributed by atoms with Gasteiger partial charge in [0.1, 0.15) is 5.82 Å². The fourth-order valence-corrected chi connectivity index (χ4v) is 4.65. The van der Waals surface area contributed by atoms with Gasteiger partial charge in [0.2, 0.25) is 10.0 Å². The summed E-state index contributed by atoms with van der Waals surface area (Å²) in [6.45, 7) is 0.499. The van der Waals surface area contributed by atoms with Gasteiger partial charge in [0.05, 0.1) is 11.1 Å². The topological polar surface area (TPSA) is 70.2 Å². The van der Waals surface area contributed by atoms with Crippen molar-refractivity contribution in [3.63, 3.8) is 0 Å². The summed E-state index contributed by atoms with van der Waals surface area (Å²) in [5, 5.41) is 0.839. The molecule has 0 bridgehead atoms. The maximum Gasteiger partial charge on any atom is 0.256 e. The van der Waals surface area contributed by atoms with Crippen LogP contribution < -0.4 is 5.56 Å². The fourth-order valence-electron chi connectivity index (χ4n) is 2.90. The van der Waals surface area contributed by atoms with E-state index in [9.17, 15) is 17.6 Å². The first kappa shape index (κ1) is 16.4. The highest BCUT2D eigenvalue weighted by molar-refractivity contribution is 7.89. The van der Waals surface area contributed by atoms with Crippen molar-refractivity contribution in [3.8, 4) is 0 Å². The van der Waals surface area contributed by atoms with Gasteiger partial charge in [-0.2, -0.15) is 4.31 Å². The summed E-state index contributed by atoms with van der Waals surface area (Å²) in [5.41, 5.74) is 1.11. The predicted molar refractivity (Wildman–Crippen MR) is 87.8 cm³/mol. The number of halogens is 2. The molecule has 2 heterocycles. The van der Waals surface area contributed by atoms with Crippen LogP contribution in [-0.4, -0.2) is 35.9 Å². The molecule has 2 aromatic rings. The minimum absolute atomic E-state index is 0.00173. The third-order valence-electron chi connectivity index (χ3n) is 4.06. The third-order valence-corrected chi connectivity index (χ3v) is 6.23. The lowest BCUT2D eigenvalue weighted by Gasteiger charge is -2.28. The number of hydrogen-bond donors (Lipinski definition) is 1. The number of alkyl halides is 1. The molecule has 1 N–H and O–H groups in total. The number of H-pyrrole nitrogens is 1. The molecule has 8 heteroatoms. The van der Waals surface area contributed by atoms with Gasteiger partial charge in [0.15, 0.2) is 0 Å². The molecule has 0 saturated carbocycles. The predicted octanol–water partition coefficient (Wildman–Crippen LogP) is 1.98. The van der Waals surface area contributed by atoms with Crippen molar-refractivity contribution in [2.24, 2.45) is 0 Å². The standard InChI is InChI=1S/C15H16ClFN2O3S/c16-5-1-7-23(21,22)19-6-4-14-13(9-19)11-3-2-10(17)8-12(11)15(20)18-14/h2-3,8H,1,4-7,9H2,(H,18,20). The number of sulfonamides is 1. The zero-order chi connectivity index (χ0) is 16.6. The minimum Gasteiger partial charge on any atom is -0.325 e. The molecule has 3 rings (SSSR count). The maximum atomic E-state index is 13.4. The van der Waals surface area contributed by atoms with Crippen molar-refractivity contribution in [3.05, 3.63) is 45.6 Å². The molecule has 0 aliphatic carbocycles. The average Bonchev–Trinajstić information content (AvgIpc) is 2.53. The number of fused-ring (bicyclic) bond motifs is 3. The van der Waals surface area contributed by atoms with Gasteiger partial charge >= 0.3 is 0 Å². The summed E-state index contributed by atoms with van der Waals surface area (Å²) in [5.74, 6) is -0.202. The summed E-state index contributed by atoms with van der Waals surface area (Å²) >= 11 is 5.58. The van der Waals surface area contributed by atoms with Crippen LogP contribution in [0.3, 0.4) is 0 Å². The molecule has 0 unspecified atom stereocenters. The van der Waals surface area contributed by atoms with E-state index in [1.165, 1.54) is 22.5 Å². The van der Waals surface area contributed by atoms with Gasteiger partial charge in [-0.25, -0.2) is 12.8 Å². The molecule has 1 aromatic heterocycles. The van der Waals surface area contributed by atoms with E-state index in [-0.39, 0.29) is 23.2 Å². The van der Waals surface area contributed by atoms with Gasteiger partial charge in [0, 0.05) is 31.1 Å². The summed E-state index contributed by atoms with van der Waals surface area (Å²) in [6, 6.07) is 3.99. The lowest BCUT2D eigenvalue weighted by molar-refractivity contribution is 0.389. The van der Waals surface area contributed by atoms with Gasteiger partial charge in [-0.05, 0) is 29.5 Å². The Morgan fingerprint density at radius 1 is 1.30 bits per heavy atom. The lowest BCUT2D eigenvalue weighted by atomic mass is 10.00. The second-order valence-corrected chi connectivity index (χ2v) is 8.01. The second kappa shape index (κ2) is 6.22. The summed E-state index contributed by atoms with van der Waals surface area (Å²) in [4.78, 5) is 14.8. The van der Waals surface area contributed by atoms with Crippen molar-refractivity contribution in [2.45, 2.75) is 19.4 Å². The first-order valence-corrected chi connectivity index (χ1v) is 9.44. The van der Waals surface area contributed by atoms with Crippen LogP contribution in [0.2, 0.25) is 0 Å². The molecule has 1 aliphatic rings. The highest BCUT2D eigenvalue weighted by Crippen LogP contribution is 2.26. The molecule has 124 valence electrons. The number of pyridine rings is 1.